The Morgan fingerprint density at radius 1 is 1.15 bits per heavy atom. The van der Waals surface area contributed by atoms with E-state index in [2.05, 4.69) is 10.3 Å². The summed E-state index contributed by atoms with van der Waals surface area (Å²) in [5.41, 5.74) is -0.730. The topological polar surface area (TPSA) is 49.6 Å². The summed E-state index contributed by atoms with van der Waals surface area (Å²) < 4.78 is 43.2. The van der Waals surface area contributed by atoms with E-state index in [1.165, 1.54) is 28.8 Å². The quantitative estimate of drug-likeness (QED) is 0.379. The van der Waals surface area contributed by atoms with Crippen LogP contribution in [0.4, 0.5) is 18.9 Å². The van der Waals surface area contributed by atoms with Gasteiger partial charge in [0.1, 0.15) is 0 Å². The van der Waals surface area contributed by atoms with Gasteiger partial charge in [0.25, 0.3) is 5.91 Å². The molecule has 0 bridgehead atoms. The monoisotopic (exact) mass is 534 g/mol. The van der Waals surface area contributed by atoms with Gasteiger partial charge in [0.05, 0.1) is 27.0 Å². The summed E-state index contributed by atoms with van der Waals surface area (Å²) in [6, 6.07) is 7.93. The highest BCUT2D eigenvalue weighted by Crippen LogP contribution is 2.35. The van der Waals surface area contributed by atoms with Crippen LogP contribution in [0.1, 0.15) is 53.8 Å². The number of halogens is 6. The smallest absolute Gasteiger partial charge is 0.319 e. The molecule has 184 valence electrons. The third-order valence-corrected chi connectivity index (χ3v) is 6.68. The molecule has 5 nitrogen and oxygen atoms in total. The predicted octanol–water partition coefficient (Wildman–Crippen LogP) is 7.10. The third kappa shape index (κ3) is 5.46. The molecule has 4 rings (SSSR count). The van der Waals surface area contributed by atoms with Crippen molar-refractivity contribution in [3.8, 4) is 0 Å². The molecular weight excluding hydrogens is 512 g/mol. The molecule has 0 radical (unpaired) electrons. The average Bonchev–Trinajstić information content (AvgIpc) is 3.14. The largest absolute Gasteiger partial charge is 0.435 e. The summed E-state index contributed by atoms with van der Waals surface area (Å²) in [4.78, 5) is 18.7. The van der Waals surface area contributed by atoms with Gasteiger partial charge in [0.15, 0.2) is 11.3 Å². The van der Waals surface area contributed by atoms with Crippen LogP contribution in [0.3, 0.4) is 0 Å². The molecule has 1 N–H and O–H groups in total. The zero-order valence-electron chi connectivity index (χ0n) is 18.3. The molecule has 1 fully saturated rings. The maximum absolute atomic E-state index is 13.9. The second-order valence-corrected chi connectivity index (χ2v) is 9.09. The number of hydrogen-bond acceptors (Lipinski definition) is 3. The lowest BCUT2D eigenvalue weighted by molar-refractivity contribution is -0.141. The molecule has 2 heterocycles. The van der Waals surface area contributed by atoms with Crippen LogP contribution in [0.2, 0.25) is 10.0 Å². The highest BCUT2D eigenvalue weighted by Gasteiger charge is 2.39. The molecule has 1 aromatic carbocycles. The van der Waals surface area contributed by atoms with Crippen molar-refractivity contribution in [3.05, 3.63) is 63.5 Å². The maximum atomic E-state index is 13.9. The number of hydrogen-bond donors (Lipinski definition) is 1. The van der Waals surface area contributed by atoms with Gasteiger partial charge in [-0.1, -0.05) is 48.5 Å². The fourth-order valence-corrected chi connectivity index (χ4v) is 4.95. The number of nitrogens with one attached hydrogen (secondary N) is 1. The molecule has 1 aliphatic carbocycles. The fraction of sp³-hybridized carbons (Fsp3) is 0.391. The molecule has 1 aliphatic rings. The Balaban J connectivity index is 0.00000324. The van der Waals surface area contributed by atoms with Gasteiger partial charge in [-0.15, -0.1) is 12.4 Å². The van der Waals surface area contributed by atoms with Crippen LogP contribution in [0.15, 0.2) is 36.5 Å². The van der Waals surface area contributed by atoms with Gasteiger partial charge in [-0.2, -0.15) is 13.2 Å². The third-order valence-electron chi connectivity index (χ3n) is 6.05. The van der Waals surface area contributed by atoms with Crippen LogP contribution in [0.5, 0.6) is 0 Å². The van der Waals surface area contributed by atoms with Gasteiger partial charge in [-0.3, -0.25) is 9.69 Å². The van der Waals surface area contributed by atoms with Crippen LogP contribution >= 0.6 is 35.6 Å². The van der Waals surface area contributed by atoms with Crippen molar-refractivity contribution < 1.29 is 18.0 Å². The van der Waals surface area contributed by atoms with E-state index in [1.807, 2.05) is 11.9 Å². The Morgan fingerprint density at radius 2 is 1.79 bits per heavy atom. The molecule has 2 aromatic heterocycles. The first-order valence-electron chi connectivity index (χ1n) is 10.7. The van der Waals surface area contributed by atoms with E-state index >= 15 is 0 Å². The number of alkyl halides is 3. The highest BCUT2D eigenvalue weighted by molar-refractivity contribution is 6.40. The Kier molecular flexibility index (Phi) is 8.39. The zero-order valence-corrected chi connectivity index (χ0v) is 20.7. The van der Waals surface area contributed by atoms with E-state index in [9.17, 15) is 18.0 Å². The summed E-state index contributed by atoms with van der Waals surface area (Å²) in [6.45, 7) is 0.0917. The number of carbonyl (C=O) groups excluding carboxylic acids is 1. The van der Waals surface area contributed by atoms with Crippen LogP contribution in [-0.2, 0) is 12.7 Å². The minimum Gasteiger partial charge on any atom is -0.319 e. The maximum Gasteiger partial charge on any atom is 0.435 e. The number of imidazole rings is 1. The highest BCUT2D eigenvalue weighted by atomic mass is 35.5. The first-order chi connectivity index (χ1) is 15.7. The second-order valence-electron chi connectivity index (χ2n) is 8.28. The van der Waals surface area contributed by atoms with Crippen molar-refractivity contribution in [2.45, 2.75) is 50.9 Å². The number of aromatic nitrogens is 2. The lowest BCUT2D eigenvalue weighted by atomic mass is 9.94. The number of amides is 1. The summed E-state index contributed by atoms with van der Waals surface area (Å²) >= 11 is 12.2. The first-order valence-corrected chi connectivity index (χ1v) is 11.4. The van der Waals surface area contributed by atoms with Crippen LogP contribution < -0.4 is 5.32 Å². The van der Waals surface area contributed by atoms with Crippen molar-refractivity contribution in [1.29, 1.82) is 0 Å². The number of rotatable bonds is 5. The van der Waals surface area contributed by atoms with Gasteiger partial charge >= 0.3 is 6.18 Å². The molecule has 0 aliphatic heterocycles. The van der Waals surface area contributed by atoms with E-state index in [4.69, 9.17) is 23.2 Å². The number of carbonyl (C=O) groups is 1. The van der Waals surface area contributed by atoms with E-state index < -0.39 is 17.8 Å². The van der Waals surface area contributed by atoms with Crippen molar-refractivity contribution in [2.24, 2.45) is 0 Å². The van der Waals surface area contributed by atoms with Gasteiger partial charge in [-0.25, -0.2) is 4.98 Å². The van der Waals surface area contributed by atoms with Crippen LogP contribution in [0.25, 0.3) is 5.65 Å². The molecule has 0 unspecified atom stereocenters. The van der Waals surface area contributed by atoms with E-state index in [1.54, 1.807) is 12.1 Å². The summed E-state index contributed by atoms with van der Waals surface area (Å²) in [7, 11) is 1.85. The van der Waals surface area contributed by atoms with E-state index in [0.29, 0.717) is 0 Å². The SMILES string of the molecule is CN(Cc1c(C(F)(F)F)nc2c(NC(=O)c3c(Cl)cccc3Cl)cccn12)C1CCCCC1.Cl. The van der Waals surface area contributed by atoms with Gasteiger partial charge in [-0.05, 0) is 44.2 Å². The summed E-state index contributed by atoms with van der Waals surface area (Å²) in [5, 5.41) is 2.90. The van der Waals surface area contributed by atoms with Crippen molar-refractivity contribution in [1.82, 2.24) is 14.3 Å². The van der Waals surface area contributed by atoms with Crippen molar-refractivity contribution >= 4 is 52.9 Å². The fourth-order valence-electron chi connectivity index (χ4n) is 4.38. The molecular formula is C23H24Cl3F3N4O. The molecule has 3 aromatic rings. The van der Waals surface area contributed by atoms with E-state index in [0.717, 1.165) is 32.1 Å². The molecule has 0 atom stereocenters. The molecule has 11 heteroatoms. The number of benzene rings is 1. The molecule has 1 amide bonds. The van der Waals surface area contributed by atoms with Crippen molar-refractivity contribution in [2.75, 3.05) is 12.4 Å². The number of nitrogens with zero attached hydrogens (tertiary/aromatic N) is 3. The summed E-state index contributed by atoms with van der Waals surface area (Å²) in [5.74, 6) is -0.629. The van der Waals surface area contributed by atoms with Gasteiger partial charge < -0.3 is 9.72 Å². The first kappa shape index (κ1) is 26.6. The minimum atomic E-state index is -4.64. The Hall–Kier alpha value is -2.00. The van der Waals surface area contributed by atoms with Crippen molar-refractivity contribution in [3.63, 3.8) is 0 Å². The Morgan fingerprint density at radius 3 is 2.41 bits per heavy atom. The Bertz CT molecular complexity index is 1160. The average molecular weight is 536 g/mol. The Labute approximate surface area is 211 Å². The zero-order chi connectivity index (χ0) is 23.8. The second kappa shape index (κ2) is 10.7. The lowest BCUT2D eigenvalue weighted by Gasteiger charge is -2.31. The molecule has 34 heavy (non-hydrogen) atoms. The lowest BCUT2D eigenvalue weighted by Crippen LogP contribution is -2.33. The predicted molar refractivity (Wildman–Crippen MR) is 130 cm³/mol. The number of fused-ring (bicyclic) bond motifs is 1. The van der Waals surface area contributed by atoms with Crippen LogP contribution in [-0.4, -0.2) is 33.3 Å². The van der Waals surface area contributed by atoms with E-state index in [-0.39, 0.29) is 57.6 Å². The van der Waals surface area contributed by atoms with Gasteiger partial charge in [0.2, 0.25) is 0 Å². The standard InChI is InChI=1S/C23H23Cl2F3N4O.ClH/c1-31(14-7-3-2-4-8-14)13-18-20(23(26,27)28)30-21-17(11-6-12-32(18)21)29-22(33)19-15(24)9-5-10-16(19)25;/h5-6,9-12,14H,2-4,7-8,13H2,1H3,(H,29,33);1H. The normalized spacial score (nSPS) is 14.9. The van der Waals surface area contributed by atoms with Gasteiger partial charge in [0, 0.05) is 18.8 Å². The number of anilines is 1. The molecule has 0 spiro atoms. The minimum absolute atomic E-state index is 0. The molecule has 0 saturated heterocycles. The summed E-state index contributed by atoms with van der Waals surface area (Å²) in [6.07, 6.45) is 2.14. The molecule has 1 saturated carbocycles. The number of pyridine rings is 1. The van der Waals surface area contributed by atoms with Crippen LogP contribution in [0, 0.1) is 0 Å².